The maximum absolute atomic E-state index is 5.91. The summed E-state index contributed by atoms with van der Waals surface area (Å²) in [6, 6.07) is 3.67. The lowest BCUT2D eigenvalue weighted by molar-refractivity contribution is 0.262. The molecule has 0 saturated carbocycles. The van der Waals surface area contributed by atoms with Crippen LogP contribution in [0.2, 0.25) is 0 Å². The highest BCUT2D eigenvalue weighted by molar-refractivity contribution is 5.51. The minimum atomic E-state index is 0.427. The number of hydrogen-bond acceptors (Lipinski definition) is 4. The maximum Gasteiger partial charge on any atom is 0.239 e. The number of pyridine rings is 1. The van der Waals surface area contributed by atoms with Crippen LogP contribution >= 0.6 is 0 Å². The molecule has 20 heavy (non-hydrogen) atoms. The summed E-state index contributed by atoms with van der Waals surface area (Å²) in [5.74, 6) is 1.63. The van der Waals surface area contributed by atoms with Crippen LogP contribution in [0.3, 0.4) is 0 Å². The first-order valence-corrected chi connectivity index (χ1v) is 6.82. The van der Waals surface area contributed by atoms with E-state index in [9.17, 15) is 0 Å². The minimum absolute atomic E-state index is 0.427. The second-order valence-corrected chi connectivity index (χ2v) is 5.48. The monoisotopic (exact) mass is 274 g/mol. The Morgan fingerprint density at radius 2 is 1.95 bits per heavy atom. The number of nitrogen functional groups attached to an aromatic ring is 1. The molecule has 2 heterocycles. The maximum atomic E-state index is 5.91. The standard InChI is InChI=1S/C15H22N4O/c1-9(2)8-20-15-13(16)6-7-14(17-15)19-12(5)10(3)11(4)18-19/h6-7,9H,8,16H2,1-5H3. The summed E-state index contributed by atoms with van der Waals surface area (Å²) in [6.07, 6.45) is 0. The minimum Gasteiger partial charge on any atom is -0.476 e. The van der Waals surface area contributed by atoms with Gasteiger partial charge < -0.3 is 10.5 Å². The normalized spacial score (nSPS) is 11.1. The molecule has 0 aliphatic carbocycles. The van der Waals surface area contributed by atoms with Crippen LogP contribution in [0.4, 0.5) is 5.69 Å². The number of aryl methyl sites for hydroxylation is 1. The van der Waals surface area contributed by atoms with Crippen molar-refractivity contribution < 1.29 is 4.74 Å². The molecule has 0 spiro atoms. The van der Waals surface area contributed by atoms with E-state index in [1.807, 2.05) is 30.7 Å². The topological polar surface area (TPSA) is 66.0 Å². The highest BCUT2D eigenvalue weighted by Gasteiger charge is 2.12. The first-order chi connectivity index (χ1) is 9.40. The second-order valence-electron chi connectivity index (χ2n) is 5.48. The van der Waals surface area contributed by atoms with Crippen LogP contribution in [-0.4, -0.2) is 21.4 Å². The summed E-state index contributed by atoms with van der Waals surface area (Å²) in [5, 5.41) is 4.50. The number of anilines is 1. The van der Waals surface area contributed by atoms with Crippen molar-refractivity contribution >= 4 is 5.69 Å². The third-order valence-corrected chi connectivity index (χ3v) is 3.30. The van der Waals surface area contributed by atoms with E-state index in [1.165, 1.54) is 5.56 Å². The van der Waals surface area contributed by atoms with Gasteiger partial charge >= 0.3 is 0 Å². The van der Waals surface area contributed by atoms with Crippen molar-refractivity contribution in [2.75, 3.05) is 12.3 Å². The van der Waals surface area contributed by atoms with E-state index in [4.69, 9.17) is 10.5 Å². The van der Waals surface area contributed by atoms with Gasteiger partial charge in [0.15, 0.2) is 5.82 Å². The average molecular weight is 274 g/mol. The van der Waals surface area contributed by atoms with Crippen LogP contribution in [0, 0.1) is 26.7 Å². The molecule has 0 bridgehead atoms. The molecule has 108 valence electrons. The number of nitrogens with two attached hydrogens (primary N) is 1. The molecular weight excluding hydrogens is 252 g/mol. The molecule has 0 aliphatic heterocycles. The highest BCUT2D eigenvalue weighted by Crippen LogP contribution is 2.22. The summed E-state index contributed by atoms with van der Waals surface area (Å²) in [5.41, 5.74) is 9.72. The van der Waals surface area contributed by atoms with Gasteiger partial charge in [0, 0.05) is 5.69 Å². The van der Waals surface area contributed by atoms with Gasteiger partial charge in [0.1, 0.15) is 0 Å². The molecule has 0 saturated heterocycles. The Kier molecular flexibility index (Phi) is 3.97. The fourth-order valence-electron chi connectivity index (χ4n) is 1.86. The van der Waals surface area contributed by atoms with E-state index in [0.717, 1.165) is 17.2 Å². The van der Waals surface area contributed by atoms with E-state index >= 15 is 0 Å². The van der Waals surface area contributed by atoms with E-state index in [0.29, 0.717) is 24.1 Å². The van der Waals surface area contributed by atoms with Crippen molar-refractivity contribution in [1.82, 2.24) is 14.8 Å². The quantitative estimate of drug-likeness (QED) is 0.931. The van der Waals surface area contributed by atoms with Gasteiger partial charge in [-0.05, 0) is 44.4 Å². The van der Waals surface area contributed by atoms with Crippen LogP contribution < -0.4 is 10.5 Å². The zero-order chi connectivity index (χ0) is 14.9. The summed E-state index contributed by atoms with van der Waals surface area (Å²) in [4.78, 5) is 4.48. The largest absolute Gasteiger partial charge is 0.476 e. The van der Waals surface area contributed by atoms with Crippen molar-refractivity contribution in [3.63, 3.8) is 0 Å². The van der Waals surface area contributed by atoms with Gasteiger partial charge in [0.2, 0.25) is 5.88 Å². The van der Waals surface area contributed by atoms with Crippen LogP contribution in [-0.2, 0) is 0 Å². The zero-order valence-corrected chi connectivity index (χ0v) is 12.8. The Morgan fingerprint density at radius 3 is 2.50 bits per heavy atom. The molecule has 0 amide bonds. The molecule has 2 N–H and O–H groups in total. The summed E-state index contributed by atoms with van der Waals surface area (Å²) in [7, 11) is 0. The van der Waals surface area contributed by atoms with Crippen LogP contribution in [0.1, 0.15) is 30.8 Å². The van der Waals surface area contributed by atoms with E-state index in [1.54, 1.807) is 0 Å². The molecule has 0 aliphatic rings. The Balaban J connectivity index is 2.38. The molecule has 0 radical (unpaired) electrons. The Hall–Kier alpha value is -2.04. The number of hydrogen-bond donors (Lipinski definition) is 1. The Labute approximate surface area is 119 Å². The van der Waals surface area contributed by atoms with Crippen molar-refractivity contribution in [2.45, 2.75) is 34.6 Å². The molecular formula is C15H22N4O. The molecule has 0 unspecified atom stereocenters. The summed E-state index contributed by atoms with van der Waals surface area (Å²) >= 11 is 0. The molecule has 5 heteroatoms. The smallest absolute Gasteiger partial charge is 0.239 e. The zero-order valence-electron chi connectivity index (χ0n) is 12.8. The van der Waals surface area contributed by atoms with Gasteiger partial charge in [0.05, 0.1) is 18.0 Å². The molecule has 2 rings (SSSR count). The van der Waals surface area contributed by atoms with Crippen LogP contribution in [0.15, 0.2) is 12.1 Å². The lowest BCUT2D eigenvalue weighted by atomic mass is 10.2. The van der Waals surface area contributed by atoms with Crippen LogP contribution in [0.5, 0.6) is 5.88 Å². The predicted molar refractivity (Wildman–Crippen MR) is 80.3 cm³/mol. The van der Waals surface area contributed by atoms with Gasteiger partial charge in [-0.3, -0.25) is 0 Å². The van der Waals surface area contributed by atoms with Crippen molar-refractivity contribution in [1.29, 1.82) is 0 Å². The number of ether oxygens (including phenoxy) is 1. The number of aromatic nitrogens is 3. The summed E-state index contributed by atoms with van der Waals surface area (Å²) < 4.78 is 7.49. The van der Waals surface area contributed by atoms with Crippen LogP contribution in [0.25, 0.3) is 5.82 Å². The number of nitrogens with zero attached hydrogens (tertiary/aromatic N) is 3. The molecule has 0 aromatic carbocycles. The molecule has 0 fully saturated rings. The first kappa shape index (κ1) is 14.4. The van der Waals surface area contributed by atoms with Gasteiger partial charge in [-0.15, -0.1) is 0 Å². The summed E-state index contributed by atoms with van der Waals surface area (Å²) in [6.45, 7) is 10.8. The predicted octanol–water partition coefficient (Wildman–Crippen LogP) is 2.81. The van der Waals surface area contributed by atoms with Crippen molar-refractivity contribution in [2.24, 2.45) is 5.92 Å². The van der Waals surface area contributed by atoms with E-state index in [-0.39, 0.29) is 0 Å². The SMILES string of the molecule is Cc1nn(-c2ccc(N)c(OCC(C)C)n2)c(C)c1C. The lowest BCUT2D eigenvalue weighted by Crippen LogP contribution is -2.10. The fourth-order valence-corrected chi connectivity index (χ4v) is 1.86. The van der Waals surface area contributed by atoms with E-state index in [2.05, 4.69) is 30.9 Å². The Bertz CT molecular complexity index is 617. The highest BCUT2D eigenvalue weighted by atomic mass is 16.5. The number of rotatable bonds is 4. The third kappa shape index (κ3) is 2.76. The average Bonchev–Trinajstić information content (AvgIpc) is 2.65. The Morgan fingerprint density at radius 1 is 1.25 bits per heavy atom. The fraction of sp³-hybridized carbons (Fsp3) is 0.467. The second kappa shape index (κ2) is 5.53. The molecule has 5 nitrogen and oxygen atoms in total. The molecule has 2 aromatic rings. The van der Waals surface area contributed by atoms with Gasteiger partial charge in [-0.2, -0.15) is 10.1 Å². The first-order valence-electron chi connectivity index (χ1n) is 6.82. The van der Waals surface area contributed by atoms with Gasteiger partial charge in [-0.25, -0.2) is 4.68 Å². The van der Waals surface area contributed by atoms with E-state index < -0.39 is 0 Å². The third-order valence-electron chi connectivity index (χ3n) is 3.30. The van der Waals surface area contributed by atoms with Crippen molar-refractivity contribution in [3.8, 4) is 11.7 Å². The molecule has 0 atom stereocenters. The molecule has 2 aromatic heterocycles. The van der Waals surface area contributed by atoms with Gasteiger partial charge in [0.25, 0.3) is 0 Å². The van der Waals surface area contributed by atoms with Gasteiger partial charge in [-0.1, -0.05) is 13.8 Å². The van der Waals surface area contributed by atoms with Crippen molar-refractivity contribution in [3.05, 3.63) is 29.1 Å². The lowest BCUT2D eigenvalue weighted by Gasteiger charge is -2.12.